The second-order valence-electron chi connectivity index (χ2n) is 7.88. The van der Waals surface area contributed by atoms with E-state index in [2.05, 4.69) is 23.9 Å². The maximum atomic E-state index is 11.2. The fourth-order valence-electron chi connectivity index (χ4n) is 5.09. The molecule has 4 heteroatoms. The first kappa shape index (κ1) is 16.1. The predicted molar refractivity (Wildman–Crippen MR) is 86.7 cm³/mol. The van der Waals surface area contributed by atoms with Crippen molar-refractivity contribution < 1.29 is 9.59 Å². The van der Waals surface area contributed by atoms with Crippen molar-refractivity contribution >= 4 is 11.6 Å². The summed E-state index contributed by atoms with van der Waals surface area (Å²) >= 11 is 0. The zero-order valence-electron chi connectivity index (χ0n) is 14.4. The molecule has 22 heavy (non-hydrogen) atoms. The molecule has 0 aromatic carbocycles. The average molecular weight is 306 g/mol. The van der Waals surface area contributed by atoms with Crippen LogP contribution in [0.3, 0.4) is 0 Å². The monoisotopic (exact) mass is 306 g/mol. The van der Waals surface area contributed by atoms with Crippen LogP contribution in [0.2, 0.25) is 0 Å². The van der Waals surface area contributed by atoms with E-state index in [9.17, 15) is 9.59 Å². The van der Waals surface area contributed by atoms with Gasteiger partial charge in [-0.1, -0.05) is 6.42 Å². The predicted octanol–water partition coefficient (Wildman–Crippen LogP) is 2.12. The first-order valence-electron chi connectivity index (χ1n) is 8.85. The van der Waals surface area contributed by atoms with Crippen LogP contribution in [-0.2, 0) is 9.59 Å². The number of rotatable bonds is 2. The standard InChI is InChI=1S/C10H17NO.C8H13NO/c1-7(12)10-6-8-4-3-5-9(8)11(10)2;1-5(10)7-3-6-4-8(6)9(7)2/h8-10H,3-6H2,1-2H3;6-8H,3-4H2,1-2H3. The number of ketones is 2. The highest BCUT2D eigenvalue weighted by Gasteiger charge is 2.51. The van der Waals surface area contributed by atoms with Crippen LogP contribution in [-0.4, -0.2) is 59.6 Å². The summed E-state index contributed by atoms with van der Waals surface area (Å²) in [5, 5.41) is 0. The first-order chi connectivity index (χ1) is 10.4. The van der Waals surface area contributed by atoms with Crippen molar-refractivity contribution in [2.24, 2.45) is 11.8 Å². The number of hydrogen-bond acceptors (Lipinski definition) is 4. The van der Waals surface area contributed by atoms with Crippen molar-refractivity contribution in [1.82, 2.24) is 9.80 Å². The quantitative estimate of drug-likeness (QED) is 0.783. The van der Waals surface area contributed by atoms with Crippen LogP contribution in [0, 0.1) is 11.8 Å². The summed E-state index contributed by atoms with van der Waals surface area (Å²) in [4.78, 5) is 26.8. The molecule has 0 bridgehead atoms. The Hall–Kier alpha value is -0.740. The molecule has 4 nitrogen and oxygen atoms in total. The fourth-order valence-corrected chi connectivity index (χ4v) is 5.09. The van der Waals surface area contributed by atoms with Crippen LogP contribution in [0.25, 0.3) is 0 Å². The molecule has 4 aliphatic rings. The van der Waals surface area contributed by atoms with Gasteiger partial charge in [0.2, 0.25) is 0 Å². The molecule has 2 aliphatic heterocycles. The summed E-state index contributed by atoms with van der Waals surface area (Å²) in [6.07, 6.45) is 7.60. The van der Waals surface area contributed by atoms with Gasteiger partial charge in [-0.05, 0) is 71.9 Å². The molecule has 2 heterocycles. The molecule has 0 aromatic rings. The number of likely N-dealkylation sites (tertiary alicyclic amines) is 2. The number of nitrogens with zero attached hydrogens (tertiary/aromatic N) is 2. The molecule has 0 aromatic heterocycles. The molecule has 4 fully saturated rings. The van der Waals surface area contributed by atoms with E-state index < -0.39 is 0 Å². The molecule has 2 saturated carbocycles. The number of fused-ring (bicyclic) bond motifs is 2. The van der Waals surface area contributed by atoms with E-state index in [-0.39, 0.29) is 12.1 Å². The van der Waals surface area contributed by atoms with Crippen molar-refractivity contribution in [3.8, 4) is 0 Å². The third kappa shape index (κ3) is 2.88. The van der Waals surface area contributed by atoms with Crippen LogP contribution in [0.1, 0.15) is 52.4 Å². The van der Waals surface area contributed by atoms with Gasteiger partial charge in [0, 0.05) is 12.1 Å². The van der Waals surface area contributed by atoms with Gasteiger partial charge < -0.3 is 0 Å². The minimum Gasteiger partial charge on any atom is -0.298 e. The lowest BCUT2D eigenvalue weighted by Crippen LogP contribution is -2.36. The fraction of sp³-hybridized carbons (Fsp3) is 0.889. The second kappa shape index (κ2) is 6.04. The lowest BCUT2D eigenvalue weighted by atomic mass is 10.0. The summed E-state index contributed by atoms with van der Waals surface area (Å²) in [5.74, 6) is 2.38. The Kier molecular flexibility index (Phi) is 4.43. The number of carbonyl (C=O) groups excluding carboxylic acids is 2. The summed E-state index contributed by atoms with van der Waals surface area (Å²) in [7, 11) is 4.19. The van der Waals surface area contributed by atoms with Crippen LogP contribution in [0.15, 0.2) is 0 Å². The molecule has 0 N–H and O–H groups in total. The van der Waals surface area contributed by atoms with Crippen LogP contribution in [0.5, 0.6) is 0 Å². The van der Waals surface area contributed by atoms with Gasteiger partial charge in [0.1, 0.15) is 11.6 Å². The van der Waals surface area contributed by atoms with Gasteiger partial charge in [-0.15, -0.1) is 0 Å². The maximum absolute atomic E-state index is 11.2. The Balaban J connectivity index is 0.000000133. The number of hydrogen-bond donors (Lipinski definition) is 0. The largest absolute Gasteiger partial charge is 0.298 e. The Morgan fingerprint density at radius 3 is 1.77 bits per heavy atom. The summed E-state index contributed by atoms with van der Waals surface area (Å²) < 4.78 is 0. The van der Waals surface area contributed by atoms with Crippen molar-refractivity contribution in [3.63, 3.8) is 0 Å². The smallest absolute Gasteiger partial charge is 0.146 e. The highest BCUT2D eigenvalue weighted by atomic mass is 16.1. The highest BCUT2D eigenvalue weighted by molar-refractivity contribution is 5.82. The molecule has 4 rings (SSSR count). The van der Waals surface area contributed by atoms with Gasteiger partial charge in [0.15, 0.2) is 0 Å². The minimum absolute atomic E-state index is 0.236. The average Bonchev–Trinajstić information content (AvgIpc) is 2.78. The van der Waals surface area contributed by atoms with Gasteiger partial charge in [0.25, 0.3) is 0 Å². The van der Waals surface area contributed by atoms with E-state index in [1.165, 1.54) is 25.7 Å². The summed E-state index contributed by atoms with van der Waals surface area (Å²) in [6.45, 7) is 3.42. The van der Waals surface area contributed by atoms with Crippen LogP contribution >= 0.6 is 0 Å². The Morgan fingerprint density at radius 2 is 1.32 bits per heavy atom. The summed E-state index contributed by atoms with van der Waals surface area (Å²) in [5.41, 5.74) is 0. The minimum atomic E-state index is 0.236. The molecule has 0 spiro atoms. The summed E-state index contributed by atoms with van der Waals surface area (Å²) in [6, 6.07) is 1.97. The molecule has 6 atom stereocenters. The number of piperidine rings is 1. The van der Waals surface area contributed by atoms with Gasteiger partial charge in [-0.25, -0.2) is 0 Å². The Labute approximate surface area is 134 Å². The van der Waals surface area contributed by atoms with Crippen LogP contribution < -0.4 is 0 Å². The number of carbonyl (C=O) groups is 2. The highest BCUT2D eigenvalue weighted by Crippen LogP contribution is 2.46. The molecular formula is C18H30N2O2. The van der Waals surface area contributed by atoms with E-state index in [1.807, 2.05) is 0 Å². The second-order valence-corrected chi connectivity index (χ2v) is 7.88. The molecule has 0 amide bonds. The zero-order valence-corrected chi connectivity index (χ0v) is 14.4. The normalized spacial score (nSPS) is 43.3. The number of Topliss-reactive ketones (excluding diaryl/α,β-unsaturated/α-hetero) is 2. The first-order valence-corrected chi connectivity index (χ1v) is 8.85. The van der Waals surface area contributed by atoms with E-state index >= 15 is 0 Å². The van der Waals surface area contributed by atoms with Gasteiger partial charge in [-0.3, -0.25) is 19.4 Å². The SMILES string of the molecule is CC(=O)C1CC2CC2N1C.CC(=O)C1CC2CCCC2N1C. The van der Waals surface area contributed by atoms with Gasteiger partial charge in [-0.2, -0.15) is 0 Å². The van der Waals surface area contributed by atoms with Crippen molar-refractivity contribution in [1.29, 1.82) is 0 Å². The molecule has 0 radical (unpaired) electrons. The Morgan fingerprint density at radius 1 is 0.773 bits per heavy atom. The van der Waals surface area contributed by atoms with E-state index in [4.69, 9.17) is 0 Å². The van der Waals surface area contributed by atoms with Gasteiger partial charge >= 0.3 is 0 Å². The molecule has 6 unspecified atom stereocenters. The van der Waals surface area contributed by atoms with Crippen molar-refractivity contribution in [3.05, 3.63) is 0 Å². The number of likely N-dealkylation sites (N-methyl/N-ethyl adjacent to an activating group) is 2. The molecular weight excluding hydrogens is 276 g/mol. The molecule has 2 aliphatic carbocycles. The third-order valence-electron chi connectivity index (χ3n) is 6.52. The third-order valence-corrected chi connectivity index (χ3v) is 6.52. The van der Waals surface area contributed by atoms with Crippen molar-refractivity contribution in [2.75, 3.05) is 14.1 Å². The topological polar surface area (TPSA) is 40.6 Å². The van der Waals surface area contributed by atoms with Crippen molar-refractivity contribution in [2.45, 2.75) is 76.5 Å². The maximum Gasteiger partial charge on any atom is 0.146 e. The lowest BCUT2D eigenvalue weighted by molar-refractivity contribution is -0.122. The van der Waals surface area contributed by atoms with E-state index in [0.717, 1.165) is 36.8 Å². The lowest BCUT2D eigenvalue weighted by Gasteiger charge is -2.22. The molecule has 124 valence electrons. The molecule has 2 saturated heterocycles. The van der Waals surface area contributed by atoms with Gasteiger partial charge in [0.05, 0.1) is 12.1 Å². The van der Waals surface area contributed by atoms with E-state index in [1.54, 1.807) is 13.8 Å². The Bertz CT molecular complexity index is 464. The zero-order chi connectivity index (χ0) is 16.0. The van der Waals surface area contributed by atoms with Crippen LogP contribution in [0.4, 0.5) is 0 Å². The van der Waals surface area contributed by atoms with E-state index in [0.29, 0.717) is 11.6 Å².